The number of halogens is 1. The summed E-state index contributed by atoms with van der Waals surface area (Å²) in [5, 5.41) is 9.02. The molecule has 1 unspecified atom stereocenters. The molecule has 1 aromatic heterocycles. The first-order chi connectivity index (χ1) is 9.47. The normalized spacial score (nSPS) is 16.4. The van der Waals surface area contributed by atoms with Crippen molar-refractivity contribution in [1.82, 2.24) is 4.57 Å². The molecule has 3 rings (SSSR count). The molecule has 0 saturated carbocycles. The fourth-order valence-corrected chi connectivity index (χ4v) is 2.69. The summed E-state index contributed by atoms with van der Waals surface area (Å²) in [7, 11) is 0. The van der Waals surface area contributed by atoms with Gasteiger partial charge >= 0.3 is 5.97 Å². The Labute approximate surface area is 114 Å². The van der Waals surface area contributed by atoms with Crippen LogP contribution in [-0.2, 0) is 6.42 Å². The lowest BCUT2D eigenvalue weighted by Crippen LogP contribution is -2.24. The predicted molar refractivity (Wildman–Crippen MR) is 71.5 cm³/mol. The molecule has 5 heteroatoms. The molecule has 0 radical (unpaired) electrons. The fourth-order valence-electron chi connectivity index (χ4n) is 2.69. The van der Waals surface area contributed by atoms with Gasteiger partial charge in [0.05, 0.1) is 5.69 Å². The van der Waals surface area contributed by atoms with Crippen LogP contribution < -0.4 is 5.43 Å². The molecule has 1 aliphatic rings. The SMILES string of the molecule is CC1Cc2cc(F)ccc2-c2cc(=O)c(C(=O)O)cn21. The molecule has 0 fully saturated rings. The first-order valence-corrected chi connectivity index (χ1v) is 6.25. The maximum absolute atomic E-state index is 13.3. The fraction of sp³-hybridized carbons (Fsp3) is 0.200. The number of hydrogen-bond acceptors (Lipinski definition) is 2. The molecular formula is C15H12FNO3. The van der Waals surface area contributed by atoms with Crippen LogP contribution in [0.3, 0.4) is 0 Å². The molecule has 1 N–H and O–H groups in total. The lowest BCUT2D eigenvalue weighted by Gasteiger charge is -2.28. The molecule has 1 aromatic carbocycles. The molecule has 0 bridgehead atoms. The standard InChI is InChI=1S/C15H12FNO3/c1-8-4-9-5-10(16)2-3-11(9)13-6-14(18)12(15(19)20)7-17(8)13/h2-3,5-8H,4H2,1H3,(H,19,20). The summed E-state index contributed by atoms with van der Waals surface area (Å²) in [6, 6.07) is 5.72. The second kappa shape index (κ2) is 4.30. The minimum Gasteiger partial charge on any atom is -0.477 e. The van der Waals surface area contributed by atoms with Crippen LogP contribution in [0.15, 0.2) is 35.3 Å². The van der Waals surface area contributed by atoms with Crippen molar-refractivity contribution < 1.29 is 14.3 Å². The summed E-state index contributed by atoms with van der Waals surface area (Å²) >= 11 is 0. The van der Waals surface area contributed by atoms with Gasteiger partial charge in [0.2, 0.25) is 0 Å². The first kappa shape index (κ1) is 12.6. The number of nitrogens with zero attached hydrogens (tertiary/aromatic N) is 1. The largest absolute Gasteiger partial charge is 0.477 e. The zero-order valence-corrected chi connectivity index (χ0v) is 10.8. The highest BCUT2D eigenvalue weighted by Gasteiger charge is 2.23. The van der Waals surface area contributed by atoms with Crippen LogP contribution in [0, 0.1) is 5.82 Å². The molecule has 4 nitrogen and oxygen atoms in total. The van der Waals surface area contributed by atoms with Crippen LogP contribution in [0.2, 0.25) is 0 Å². The molecule has 2 aromatic rings. The molecule has 0 saturated heterocycles. The Balaban J connectivity index is 2.30. The summed E-state index contributed by atoms with van der Waals surface area (Å²) in [4.78, 5) is 22.9. The van der Waals surface area contributed by atoms with Crippen molar-refractivity contribution in [2.45, 2.75) is 19.4 Å². The number of benzene rings is 1. The molecule has 1 aliphatic heterocycles. The van der Waals surface area contributed by atoms with Crippen molar-refractivity contribution in [2.75, 3.05) is 0 Å². The summed E-state index contributed by atoms with van der Waals surface area (Å²) in [5.41, 5.74) is 1.46. The molecule has 0 aliphatic carbocycles. The van der Waals surface area contributed by atoms with E-state index in [4.69, 9.17) is 5.11 Å². The van der Waals surface area contributed by atoms with Crippen molar-refractivity contribution in [3.05, 3.63) is 57.6 Å². The Morgan fingerprint density at radius 1 is 1.40 bits per heavy atom. The van der Waals surface area contributed by atoms with E-state index >= 15 is 0 Å². The number of carbonyl (C=O) groups is 1. The molecule has 0 spiro atoms. The Kier molecular flexibility index (Phi) is 2.71. The van der Waals surface area contributed by atoms with Crippen LogP contribution in [0.25, 0.3) is 11.3 Å². The maximum Gasteiger partial charge on any atom is 0.341 e. The zero-order chi connectivity index (χ0) is 14.4. The zero-order valence-electron chi connectivity index (χ0n) is 10.8. The van der Waals surface area contributed by atoms with Gasteiger partial charge in [0.25, 0.3) is 0 Å². The van der Waals surface area contributed by atoms with Gasteiger partial charge < -0.3 is 9.67 Å². The van der Waals surface area contributed by atoms with Gasteiger partial charge in [-0.3, -0.25) is 4.79 Å². The summed E-state index contributed by atoms with van der Waals surface area (Å²) in [6.07, 6.45) is 1.97. The third kappa shape index (κ3) is 1.82. The van der Waals surface area contributed by atoms with E-state index in [2.05, 4.69) is 0 Å². The minimum absolute atomic E-state index is 0.0296. The van der Waals surface area contributed by atoms with Gasteiger partial charge in [-0.15, -0.1) is 0 Å². The number of aromatic nitrogens is 1. The van der Waals surface area contributed by atoms with E-state index in [1.807, 2.05) is 6.92 Å². The molecule has 2 heterocycles. The van der Waals surface area contributed by atoms with Gasteiger partial charge in [-0.05, 0) is 37.1 Å². The van der Waals surface area contributed by atoms with Crippen LogP contribution in [-0.4, -0.2) is 15.6 Å². The van der Waals surface area contributed by atoms with E-state index in [-0.39, 0.29) is 17.4 Å². The van der Waals surface area contributed by atoms with Crippen molar-refractivity contribution in [1.29, 1.82) is 0 Å². The van der Waals surface area contributed by atoms with Gasteiger partial charge in [-0.25, -0.2) is 9.18 Å². The quantitative estimate of drug-likeness (QED) is 0.868. The van der Waals surface area contributed by atoms with Crippen LogP contribution in [0.1, 0.15) is 28.9 Å². The van der Waals surface area contributed by atoms with E-state index in [9.17, 15) is 14.0 Å². The average Bonchev–Trinajstić information content (AvgIpc) is 2.37. The number of rotatable bonds is 1. The molecule has 1 atom stereocenters. The number of pyridine rings is 1. The Morgan fingerprint density at radius 3 is 2.85 bits per heavy atom. The number of aromatic carboxylic acids is 1. The highest BCUT2D eigenvalue weighted by Crippen LogP contribution is 2.34. The van der Waals surface area contributed by atoms with Crippen molar-refractivity contribution in [2.24, 2.45) is 0 Å². The van der Waals surface area contributed by atoms with E-state index < -0.39 is 11.4 Å². The second-order valence-corrected chi connectivity index (χ2v) is 5.00. The van der Waals surface area contributed by atoms with E-state index in [1.165, 1.54) is 24.4 Å². The monoisotopic (exact) mass is 273 g/mol. The predicted octanol–water partition coefficient (Wildman–Crippen LogP) is 2.47. The topological polar surface area (TPSA) is 59.3 Å². The Bertz CT molecular complexity index is 779. The first-order valence-electron chi connectivity index (χ1n) is 6.25. The smallest absolute Gasteiger partial charge is 0.341 e. The van der Waals surface area contributed by atoms with Crippen LogP contribution >= 0.6 is 0 Å². The van der Waals surface area contributed by atoms with Crippen molar-refractivity contribution in [3.8, 4) is 11.3 Å². The van der Waals surface area contributed by atoms with E-state index in [0.717, 1.165) is 11.1 Å². The van der Waals surface area contributed by atoms with Crippen LogP contribution in [0.4, 0.5) is 4.39 Å². The number of carboxylic acid groups (broad SMARTS) is 1. The summed E-state index contributed by atoms with van der Waals surface area (Å²) < 4.78 is 15.1. The highest BCUT2D eigenvalue weighted by molar-refractivity contribution is 5.87. The van der Waals surface area contributed by atoms with Crippen molar-refractivity contribution >= 4 is 5.97 Å². The lowest BCUT2D eigenvalue weighted by molar-refractivity contribution is 0.0694. The van der Waals surface area contributed by atoms with Gasteiger partial charge in [0, 0.05) is 23.9 Å². The van der Waals surface area contributed by atoms with Gasteiger partial charge in [-0.2, -0.15) is 0 Å². The van der Waals surface area contributed by atoms with Gasteiger partial charge in [0.15, 0.2) is 5.43 Å². The van der Waals surface area contributed by atoms with Gasteiger partial charge in [0.1, 0.15) is 11.4 Å². The number of hydrogen-bond donors (Lipinski definition) is 1. The highest BCUT2D eigenvalue weighted by atomic mass is 19.1. The molecule has 20 heavy (non-hydrogen) atoms. The maximum atomic E-state index is 13.3. The molecule has 102 valence electrons. The summed E-state index contributed by atoms with van der Waals surface area (Å²) in [5.74, 6) is -1.55. The summed E-state index contributed by atoms with van der Waals surface area (Å²) in [6.45, 7) is 1.91. The van der Waals surface area contributed by atoms with Crippen LogP contribution in [0.5, 0.6) is 0 Å². The van der Waals surface area contributed by atoms with Gasteiger partial charge in [-0.1, -0.05) is 0 Å². The number of fused-ring (bicyclic) bond motifs is 3. The minimum atomic E-state index is -1.23. The average molecular weight is 273 g/mol. The van der Waals surface area contributed by atoms with E-state index in [1.54, 1.807) is 10.6 Å². The lowest BCUT2D eigenvalue weighted by atomic mass is 9.93. The Hall–Kier alpha value is -2.43. The molecule has 0 amide bonds. The van der Waals surface area contributed by atoms with Crippen molar-refractivity contribution in [3.63, 3.8) is 0 Å². The van der Waals surface area contributed by atoms with E-state index in [0.29, 0.717) is 12.1 Å². The molecular weight excluding hydrogens is 261 g/mol. The second-order valence-electron chi connectivity index (χ2n) is 5.00. The third-order valence-electron chi connectivity index (χ3n) is 3.64. The third-order valence-corrected chi connectivity index (χ3v) is 3.64. The number of carboxylic acids is 1. The Morgan fingerprint density at radius 2 is 2.15 bits per heavy atom.